The normalized spacial score (nSPS) is 10.2. The molecule has 0 heterocycles. The lowest BCUT2D eigenvalue weighted by atomic mass is 10.1. The fourth-order valence-electron chi connectivity index (χ4n) is 2.38. The van der Waals surface area contributed by atoms with Gasteiger partial charge in [-0.05, 0) is 30.7 Å². The van der Waals surface area contributed by atoms with Gasteiger partial charge in [-0.1, -0.05) is 23.7 Å². The summed E-state index contributed by atoms with van der Waals surface area (Å²) in [7, 11) is 2.84. The number of ether oxygens (including phenoxy) is 2. The summed E-state index contributed by atoms with van der Waals surface area (Å²) in [4.78, 5) is 23.9. The van der Waals surface area contributed by atoms with Crippen LogP contribution < -0.4 is 15.4 Å². The molecule has 138 valence electrons. The van der Waals surface area contributed by atoms with E-state index in [0.29, 0.717) is 34.3 Å². The Morgan fingerprint density at radius 3 is 2.54 bits per heavy atom. The van der Waals surface area contributed by atoms with E-state index in [1.165, 1.54) is 14.2 Å². The number of halogens is 1. The molecular weight excluding hydrogens is 356 g/mol. The maximum atomic E-state index is 12.2. The number of methoxy groups -OCH3 is 2. The second-order valence-electron chi connectivity index (χ2n) is 5.56. The Labute approximate surface area is 157 Å². The van der Waals surface area contributed by atoms with Crippen LogP contribution in [0.3, 0.4) is 0 Å². The van der Waals surface area contributed by atoms with E-state index >= 15 is 0 Å². The van der Waals surface area contributed by atoms with Crippen LogP contribution in [0.25, 0.3) is 0 Å². The van der Waals surface area contributed by atoms with Gasteiger partial charge in [0.05, 0.1) is 25.5 Å². The highest BCUT2D eigenvalue weighted by Gasteiger charge is 2.12. The molecule has 0 aliphatic heterocycles. The monoisotopic (exact) mass is 376 g/mol. The number of para-hydroxylation sites is 1. The summed E-state index contributed by atoms with van der Waals surface area (Å²) in [6.07, 6.45) is 0.209. The van der Waals surface area contributed by atoms with E-state index in [1.54, 1.807) is 36.4 Å². The number of benzene rings is 2. The molecule has 0 spiro atoms. The minimum absolute atomic E-state index is 0.187. The predicted octanol–water partition coefficient (Wildman–Crippen LogP) is 3.88. The molecule has 2 aromatic carbocycles. The Hall–Kier alpha value is -2.73. The number of nitrogens with one attached hydrogen (secondary N) is 2. The van der Waals surface area contributed by atoms with Crippen LogP contribution in [-0.4, -0.2) is 32.6 Å². The summed E-state index contributed by atoms with van der Waals surface area (Å²) in [5.74, 6) is -0.120. The van der Waals surface area contributed by atoms with E-state index < -0.39 is 5.97 Å². The number of anilines is 2. The lowest BCUT2D eigenvalue weighted by Crippen LogP contribution is -2.17. The van der Waals surface area contributed by atoms with Gasteiger partial charge >= 0.3 is 5.97 Å². The summed E-state index contributed by atoms with van der Waals surface area (Å²) in [5, 5.41) is 6.46. The van der Waals surface area contributed by atoms with Crippen LogP contribution in [0, 0.1) is 6.92 Å². The predicted molar refractivity (Wildman–Crippen MR) is 102 cm³/mol. The van der Waals surface area contributed by atoms with Crippen LogP contribution in [0.1, 0.15) is 22.3 Å². The van der Waals surface area contributed by atoms with Crippen molar-refractivity contribution >= 4 is 34.9 Å². The summed E-state index contributed by atoms with van der Waals surface area (Å²) >= 11 is 6.06. The van der Waals surface area contributed by atoms with E-state index in [0.717, 1.165) is 5.56 Å². The third kappa shape index (κ3) is 4.89. The van der Waals surface area contributed by atoms with Gasteiger partial charge in [0.25, 0.3) is 0 Å². The highest BCUT2D eigenvalue weighted by atomic mass is 35.5. The Kier molecular flexibility index (Phi) is 6.86. The molecule has 0 unspecified atom stereocenters. The van der Waals surface area contributed by atoms with Crippen molar-refractivity contribution in [1.29, 1.82) is 0 Å². The van der Waals surface area contributed by atoms with Crippen LogP contribution in [0.4, 0.5) is 11.4 Å². The van der Waals surface area contributed by atoms with Gasteiger partial charge in [0.2, 0.25) is 5.91 Å². The van der Waals surface area contributed by atoms with Gasteiger partial charge < -0.3 is 20.1 Å². The summed E-state index contributed by atoms with van der Waals surface area (Å²) < 4.78 is 9.99. The molecule has 0 bridgehead atoms. The third-order valence-corrected chi connectivity index (χ3v) is 4.16. The van der Waals surface area contributed by atoms with Crippen LogP contribution in [0.15, 0.2) is 36.4 Å². The van der Waals surface area contributed by atoms with Gasteiger partial charge in [-0.2, -0.15) is 0 Å². The van der Waals surface area contributed by atoms with Crippen molar-refractivity contribution in [3.63, 3.8) is 0 Å². The smallest absolute Gasteiger partial charge is 0.339 e. The first-order valence-corrected chi connectivity index (χ1v) is 8.39. The summed E-state index contributed by atoms with van der Waals surface area (Å²) in [5.41, 5.74) is 2.44. The Morgan fingerprint density at radius 2 is 1.85 bits per heavy atom. The average molecular weight is 377 g/mol. The van der Waals surface area contributed by atoms with Crippen molar-refractivity contribution in [2.45, 2.75) is 13.3 Å². The summed E-state index contributed by atoms with van der Waals surface area (Å²) in [6, 6.07) is 10.4. The van der Waals surface area contributed by atoms with Crippen LogP contribution in [-0.2, 0) is 9.53 Å². The van der Waals surface area contributed by atoms with Crippen molar-refractivity contribution in [1.82, 2.24) is 0 Å². The van der Waals surface area contributed by atoms with Crippen LogP contribution in [0.5, 0.6) is 5.75 Å². The molecule has 2 N–H and O–H groups in total. The van der Waals surface area contributed by atoms with Gasteiger partial charge in [-0.25, -0.2) is 4.79 Å². The number of carbonyl (C=O) groups excluding carboxylic acids is 2. The third-order valence-electron chi connectivity index (χ3n) is 3.75. The molecule has 0 fully saturated rings. The molecule has 0 saturated carbocycles. The van der Waals surface area contributed by atoms with E-state index in [1.807, 2.05) is 6.92 Å². The number of esters is 1. The first-order valence-electron chi connectivity index (χ1n) is 8.01. The lowest BCUT2D eigenvalue weighted by Gasteiger charge is -2.13. The highest BCUT2D eigenvalue weighted by molar-refractivity contribution is 6.31. The maximum absolute atomic E-state index is 12.2. The Morgan fingerprint density at radius 1 is 1.12 bits per heavy atom. The van der Waals surface area contributed by atoms with Crippen molar-refractivity contribution in [3.05, 3.63) is 52.5 Å². The second-order valence-corrected chi connectivity index (χ2v) is 5.97. The minimum atomic E-state index is -0.432. The molecular formula is C19H21ClN2O4. The zero-order valence-corrected chi connectivity index (χ0v) is 15.6. The molecule has 0 saturated heterocycles. The Balaban J connectivity index is 1.97. The van der Waals surface area contributed by atoms with Gasteiger partial charge in [-0.3, -0.25) is 4.79 Å². The second kappa shape index (κ2) is 9.10. The number of amides is 1. The first-order chi connectivity index (χ1) is 12.5. The number of aryl methyl sites for hydroxylation is 1. The number of carbonyl (C=O) groups is 2. The summed E-state index contributed by atoms with van der Waals surface area (Å²) in [6.45, 7) is 2.21. The molecule has 0 aliphatic carbocycles. The molecule has 7 heteroatoms. The quantitative estimate of drug-likeness (QED) is 0.717. The van der Waals surface area contributed by atoms with Crippen molar-refractivity contribution in [2.24, 2.45) is 0 Å². The molecule has 0 atom stereocenters. The van der Waals surface area contributed by atoms with E-state index in [2.05, 4.69) is 10.6 Å². The fourth-order valence-corrected chi connectivity index (χ4v) is 2.53. The van der Waals surface area contributed by atoms with Crippen molar-refractivity contribution in [3.8, 4) is 5.75 Å². The molecule has 2 rings (SSSR count). The first kappa shape index (κ1) is 19.6. The van der Waals surface area contributed by atoms with E-state index in [-0.39, 0.29) is 12.3 Å². The molecule has 0 aromatic heterocycles. The topological polar surface area (TPSA) is 76.7 Å². The van der Waals surface area contributed by atoms with Crippen molar-refractivity contribution < 1.29 is 19.1 Å². The van der Waals surface area contributed by atoms with Gasteiger partial charge in [0, 0.05) is 29.7 Å². The number of hydrogen-bond acceptors (Lipinski definition) is 5. The standard InChI is InChI=1S/C19H21ClN2O4/c1-12-10-16(17(25-2)11-14(12)20)22-18(23)8-9-21-15-7-5-4-6-13(15)19(24)26-3/h4-7,10-11,21H,8-9H2,1-3H3,(H,22,23). The maximum Gasteiger partial charge on any atom is 0.339 e. The molecule has 26 heavy (non-hydrogen) atoms. The molecule has 0 radical (unpaired) electrons. The van der Waals surface area contributed by atoms with Gasteiger partial charge in [0.1, 0.15) is 5.75 Å². The van der Waals surface area contributed by atoms with Crippen LogP contribution >= 0.6 is 11.6 Å². The SMILES string of the molecule is COC(=O)c1ccccc1NCCC(=O)Nc1cc(C)c(Cl)cc1OC. The van der Waals surface area contributed by atoms with Crippen molar-refractivity contribution in [2.75, 3.05) is 31.4 Å². The highest BCUT2D eigenvalue weighted by Crippen LogP contribution is 2.31. The van der Waals surface area contributed by atoms with Gasteiger partial charge in [-0.15, -0.1) is 0 Å². The number of hydrogen-bond donors (Lipinski definition) is 2. The molecule has 1 amide bonds. The fraction of sp³-hybridized carbons (Fsp3) is 0.263. The average Bonchev–Trinajstić information content (AvgIpc) is 2.64. The molecule has 2 aromatic rings. The van der Waals surface area contributed by atoms with Crippen LogP contribution in [0.2, 0.25) is 5.02 Å². The Bertz CT molecular complexity index is 808. The molecule has 0 aliphatic rings. The van der Waals surface area contributed by atoms with Gasteiger partial charge in [0.15, 0.2) is 0 Å². The zero-order valence-electron chi connectivity index (χ0n) is 14.9. The molecule has 6 nitrogen and oxygen atoms in total. The lowest BCUT2D eigenvalue weighted by molar-refractivity contribution is -0.116. The van der Waals surface area contributed by atoms with E-state index in [9.17, 15) is 9.59 Å². The zero-order chi connectivity index (χ0) is 19.1. The minimum Gasteiger partial charge on any atom is -0.495 e. The van der Waals surface area contributed by atoms with E-state index in [4.69, 9.17) is 21.1 Å². The largest absolute Gasteiger partial charge is 0.495 e. The number of rotatable bonds is 7.